The fraction of sp³-hybridized carbons (Fsp3) is 0.462. The number of rotatable bonds is 8. The molecule has 180 valence electrons. The van der Waals surface area contributed by atoms with Crippen molar-refractivity contribution >= 4 is 23.5 Å². The van der Waals surface area contributed by atoms with E-state index in [1.807, 2.05) is 51.4 Å². The van der Waals surface area contributed by atoms with E-state index in [4.69, 9.17) is 9.72 Å². The van der Waals surface area contributed by atoms with Crippen LogP contribution in [0.5, 0.6) is 5.75 Å². The summed E-state index contributed by atoms with van der Waals surface area (Å²) in [5.41, 5.74) is 4.01. The first-order chi connectivity index (χ1) is 16.4. The summed E-state index contributed by atoms with van der Waals surface area (Å²) >= 11 is 1.72. The molecule has 0 unspecified atom stereocenters. The van der Waals surface area contributed by atoms with Crippen molar-refractivity contribution in [1.82, 2.24) is 15.0 Å². The van der Waals surface area contributed by atoms with Gasteiger partial charge in [0.05, 0.1) is 10.7 Å². The molecular formula is C26H33N5O2S. The van der Waals surface area contributed by atoms with Crippen LogP contribution in [0.15, 0.2) is 36.0 Å². The maximum atomic E-state index is 11.9. The maximum absolute atomic E-state index is 11.9. The van der Waals surface area contributed by atoms with Crippen LogP contribution in [0.2, 0.25) is 0 Å². The first-order valence-electron chi connectivity index (χ1n) is 12.0. The van der Waals surface area contributed by atoms with Gasteiger partial charge in [-0.2, -0.15) is 0 Å². The highest BCUT2D eigenvalue weighted by Gasteiger charge is 2.24. The van der Waals surface area contributed by atoms with Crippen molar-refractivity contribution in [2.24, 2.45) is 0 Å². The molecule has 0 bridgehead atoms. The van der Waals surface area contributed by atoms with Gasteiger partial charge >= 0.3 is 0 Å². The molecule has 4 rings (SSSR count). The molecule has 3 aromatic rings. The lowest BCUT2D eigenvalue weighted by Crippen LogP contribution is -2.34. The Kier molecular flexibility index (Phi) is 7.77. The molecule has 0 spiro atoms. The van der Waals surface area contributed by atoms with Gasteiger partial charge in [-0.25, -0.2) is 19.7 Å². The minimum Gasteiger partial charge on any atom is -0.624 e. The van der Waals surface area contributed by atoms with E-state index in [2.05, 4.69) is 27.2 Å². The van der Waals surface area contributed by atoms with Crippen molar-refractivity contribution in [3.8, 4) is 5.75 Å². The van der Waals surface area contributed by atoms with Gasteiger partial charge in [0.15, 0.2) is 12.3 Å². The number of anilines is 1. The average molecular weight is 480 g/mol. The summed E-state index contributed by atoms with van der Waals surface area (Å²) in [6.07, 6.45) is 8.54. The fourth-order valence-electron chi connectivity index (χ4n) is 3.96. The quantitative estimate of drug-likeness (QED) is 0.193. The summed E-state index contributed by atoms with van der Waals surface area (Å²) in [4.78, 5) is 16.2. The maximum Gasteiger partial charge on any atom is 0.225 e. The second-order valence-corrected chi connectivity index (χ2v) is 9.97. The SMILES string of the molecule is CCc1cnc(N2CCC(c3nc(COc4ccc(/C=[N+](\[O-])C(C)C)cc4C)cs3)CC2)nc1. The van der Waals surface area contributed by atoms with Crippen LogP contribution in [0.3, 0.4) is 0 Å². The number of piperidine rings is 1. The van der Waals surface area contributed by atoms with Gasteiger partial charge in [-0.15, -0.1) is 11.3 Å². The molecule has 34 heavy (non-hydrogen) atoms. The van der Waals surface area contributed by atoms with E-state index >= 15 is 0 Å². The number of aryl methyl sites for hydroxylation is 2. The third-order valence-electron chi connectivity index (χ3n) is 6.16. The third-order valence-corrected chi connectivity index (χ3v) is 7.21. The molecule has 0 saturated carbocycles. The minimum absolute atomic E-state index is 0.0805. The standard InChI is InChI=1S/C26H33N5O2S/c1-5-20-13-27-26(28-14-20)30-10-8-22(9-11-30)25-29-23(17-34-25)16-33-24-7-6-21(12-19(24)4)15-31(32)18(2)3/h6-7,12-15,17-18,22H,5,8-11,16H2,1-4H3/b31-15-. The molecule has 0 radical (unpaired) electrons. The molecule has 2 aromatic heterocycles. The number of benzene rings is 1. The Morgan fingerprint density at radius 1 is 1.24 bits per heavy atom. The highest BCUT2D eigenvalue weighted by atomic mass is 32.1. The Bertz CT molecular complexity index is 1120. The second-order valence-electron chi connectivity index (χ2n) is 9.08. The molecule has 0 N–H and O–H groups in total. The van der Waals surface area contributed by atoms with Gasteiger partial charge in [-0.1, -0.05) is 6.92 Å². The van der Waals surface area contributed by atoms with E-state index in [-0.39, 0.29) is 6.04 Å². The largest absolute Gasteiger partial charge is 0.624 e. The van der Waals surface area contributed by atoms with Crippen molar-refractivity contribution in [1.29, 1.82) is 0 Å². The van der Waals surface area contributed by atoms with Crippen LogP contribution in [-0.2, 0) is 13.0 Å². The molecule has 1 fully saturated rings. The zero-order valence-electron chi connectivity index (χ0n) is 20.4. The molecule has 1 aliphatic rings. The molecule has 1 aliphatic heterocycles. The molecule has 8 heteroatoms. The Hall–Kier alpha value is -3.00. The van der Waals surface area contributed by atoms with E-state index in [9.17, 15) is 5.21 Å². The van der Waals surface area contributed by atoms with Crippen LogP contribution in [0.25, 0.3) is 0 Å². The van der Waals surface area contributed by atoms with Crippen molar-refractivity contribution in [2.45, 2.75) is 65.5 Å². The summed E-state index contributed by atoms with van der Waals surface area (Å²) in [7, 11) is 0. The summed E-state index contributed by atoms with van der Waals surface area (Å²) in [6, 6.07) is 5.73. The number of ether oxygens (including phenoxy) is 1. The molecule has 3 heterocycles. The van der Waals surface area contributed by atoms with Crippen molar-refractivity contribution < 1.29 is 9.48 Å². The van der Waals surface area contributed by atoms with E-state index in [0.717, 1.165) is 65.6 Å². The summed E-state index contributed by atoms with van der Waals surface area (Å²) < 4.78 is 7.00. The highest BCUT2D eigenvalue weighted by Crippen LogP contribution is 2.31. The molecule has 0 amide bonds. The Morgan fingerprint density at radius 2 is 1.97 bits per heavy atom. The van der Waals surface area contributed by atoms with Gasteiger partial charge < -0.3 is 14.8 Å². The lowest BCUT2D eigenvalue weighted by atomic mass is 9.98. The molecule has 1 aromatic carbocycles. The van der Waals surface area contributed by atoms with Crippen LogP contribution >= 0.6 is 11.3 Å². The van der Waals surface area contributed by atoms with Crippen LogP contribution < -0.4 is 9.64 Å². The van der Waals surface area contributed by atoms with Crippen LogP contribution in [-0.4, -0.2) is 45.0 Å². The van der Waals surface area contributed by atoms with Gasteiger partial charge in [0.1, 0.15) is 12.4 Å². The summed E-state index contributed by atoms with van der Waals surface area (Å²) in [6.45, 7) is 10.2. The van der Waals surface area contributed by atoms with Gasteiger partial charge in [-0.05, 0) is 69.4 Å². The van der Waals surface area contributed by atoms with Crippen molar-refractivity contribution in [3.05, 3.63) is 68.6 Å². The van der Waals surface area contributed by atoms with Crippen molar-refractivity contribution in [2.75, 3.05) is 18.0 Å². The lowest BCUT2D eigenvalue weighted by molar-refractivity contribution is -0.487. The van der Waals surface area contributed by atoms with E-state index in [1.54, 1.807) is 17.6 Å². The molecule has 1 saturated heterocycles. The Labute approximate surface area is 205 Å². The third kappa shape index (κ3) is 5.91. The van der Waals surface area contributed by atoms with Gasteiger partial charge in [0.25, 0.3) is 0 Å². The van der Waals surface area contributed by atoms with Crippen LogP contribution in [0.1, 0.15) is 66.9 Å². The number of nitrogens with zero attached hydrogens (tertiary/aromatic N) is 5. The predicted octanol–water partition coefficient (Wildman–Crippen LogP) is 5.10. The fourth-order valence-corrected chi connectivity index (χ4v) is 4.93. The highest BCUT2D eigenvalue weighted by molar-refractivity contribution is 7.09. The molecule has 0 atom stereocenters. The molecule has 7 nitrogen and oxygen atoms in total. The van der Waals surface area contributed by atoms with Gasteiger partial charge in [0, 0.05) is 42.3 Å². The second kappa shape index (κ2) is 11.0. The van der Waals surface area contributed by atoms with Crippen LogP contribution in [0.4, 0.5) is 5.95 Å². The Morgan fingerprint density at radius 3 is 2.62 bits per heavy atom. The van der Waals surface area contributed by atoms with Gasteiger partial charge in [-0.3, -0.25) is 0 Å². The smallest absolute Gasteiger partial charge is 0.225 e. The number of hydroxylamine groups is 1. The first-order valence-corrected chi connectivity index (χ1v) is 12.8. The average Bonchev–Trinajstić information content (AvgIpc) is 3.33. The molecular weight excluding hydrogens is 446 g/mol. The monoisotopic (exact) mass is 479 g/mol. The van der Waals surface area contributed by atoms with E-state index in [1.165, 1.54) is 10.6 Å². The van der Waals surface area contributed by atoms with Crippen LogP contribution in [0, 0.1) is 12.1 Å². The van der Waals surface area contributed by atoms with E-state index < -0.39 is 0 Å². The minimum atomic E-state index is -0.0805. The number of aromatic nitrogens is 3. The van der Waals surface area contributed by atoms with Crippen molar-refractivity contribution in [3.63, 3.8) is 0 Å². The number of hydrogen-bond donors (Lipinski definition) is 0. The normalized spacial score (nSPS) is 15.2. The molecule has 0 aliphatic carbocycles. The zero-order chi connectivity index (χ0) is 24.1. The predicted molar refractivity (Wildman–Crippen MR) is 137 cm³/mol. The summed E-state index contributed by atoms with van der Waals surface area (Å²) in [5, 5.41) is 15.2. The first kappa shape index (κ1) is 24.1. The van der Waals surface area contributed by atoms with E-state index in [0.29, 0.717) is 12.5 Å². The number of thiazole rings is 1. The zero-order valence-corrected chi connectivity index (χ0v) is 21.2. The topological polar surface area (TPSA) is 77.2 Å². The Balaban J connectivity index is 1.30. The lowest BCUT2D eigenvalue weighted by Gasteiger charge is -2.31. The van der Waals surface area contributed by atoms with Gasteiger partial charge in [0.2, 0.25) is 5.95 Å². The summed E-state index contributed by atoms with van der Waals surface area (Å²) in [5.74, 6) is 2.11. The number of hydrogen-bond acceptors (Lipinski definition) is 7.